The largest absolute Gasteiger partial charge is 0.330 e. The Morgan fingerprint density at radius 2 is 2.04 bits per heavy atom. The molecule has 5 nitrogen and oxygen atoms in total. The third-order valence-electron chi connectivity index (χ3n) is 3.99. The zero-order valence-corrected chi connectivity index (χ0v) is 12.6. The van der Waals surface area contributed by atoms with Crippen LogP contribution in [0.3, 0.4) is 0 Å². The van der Waals surface area contributed by atoms with E-state index in [0.29, 0.717) is 12.0 Å². The van der Waals surface area contributed by atoms with Gasteiger partial charge in [0.15, 0.2) is 0 Å². The average molecular weight is 299 g/mol. The normalized spacial score (nSPS) is 11.0. The molecule has 0 bridgehead atoms. The van der Waals surface area contributed by atoms with Crippen molar-refractivity contribution in [2.24, 2.45) is 7.05 Å². The number of hydrogen-bond donors (Lipinski definition) is 0. The van der Waals surface area contributed by atoms with Crippen molar-refractivity contribution in [1.82, 2.24) is 19.5 Å². The highest BCUT2D eigenvalue weighted by Gasteiger charge is 2.13. The second-order valence-electron chi connectivity index (χ2n) is 5.42. The summed E-state index contributed by atoms with van der Waals surface area (Å²) >= 11 is 0. The SMILES string of the molecule is Cn1c(Cc2ccccn2)nc2cnc3ccc(C#N)cc3c21. The maximum absolute atomic E-state index is 9.14. The van der Waals surface area contributed by atoms with Gasteiger partial charge in [0.1, 0.15) is 11.3 Å². The van der Waals surface area contributed by atoms with Crippen LogP contribution in [0, 0.1) is 11.3 Å². The molecule has 0 N–H and O–H groups in total. The van der Waals surface area contributed by atoms with Crippen LogP contribution in [0.2, 0.25) is 0 Å². The minimum atomic E-state index is 0.624. The molecule has 3 heterocycles. The first kappa shape index (κ1) is 13.4. The van der Waals surface area contributed by atoms with Gasteiger partial charge in [-0.1, -0.05) is 6.07 Å². The van der Waals surface area contributed by atoms with Crippen molar-refractivity contribution in [2.75, 3.05) is 0 Å². The van der Waals surface area contributed by atoms with Gasteiger partial charge in [-0.15, -0.1) is 0 Å². The van der Waals surface area contributed by atoms with Gasteiger partial charge in [-0.05, 0) is 30.3 Å². The van der Waals surface area contributed by atoms with E-state index in [4.69, 9.17) is 10.2 Å². The molecule has 0 amide bonds. The topological polar surface area (TPSA) is 67.4 Å². The third kappa shape index (κ3) is 2.21. The van der Waals surface area contributed by atoms with Gasteiger partial charge in [0.25, 0.3) is 0 Å². The molecule has 0 saturated carbocycles. The Bertz CT molecular complexity index is 1060. The van der Waals surface area contributed by atoms with E-state index in [0.717, 1.165) is 33.5 Å². The second-order valence-corrected chi connectivity index (χ2v) is 5.42. The molecule has 0 aliphatic heterocycles. The minimum absolute atomic E-state index is 0.624. The lowest BCUT2D eigenvalue weighted by molar-refractivity contribution is 0.834. The molecule has 0 atom stereocenters. The van der Waals surface area contributed by atoms with E-state index in [1.165, 1.54) is 0 Å². The monoisotopic (exact) mass is 299 g/mol. The van der Waals surface area contributed by atoms with Gasteiger partial charge in [-0.3, -0.25) is 9.97 Å². The summed E-state index contributed by atoms with van der Waals surface area (Å²) in [7, 11) is 1.99. The number of nitriles is 1. The van der Waals surface area contributed by atoms with Crippen LogP contribution in [-0.4, -0.2) is 19.5 Å². The van der Waals surface area contributed by atoms with Crippen molar-refractivity contribution in [3.05, 3.63) is 65.9 Å². The number of hydrogen-bond acceptors (Lipinski definition) is 4. The minimum Gasteiger partial charge on any atom is -0.330 e. The number of rotatable bonds is 2. The van der Waals surface area contributed by atoms with E-state index >= 15 is 0 Å². The Hall–Kier alpha value is -3.26. The van der Waals surface area contributed by atoms with E-state index in [1.807, 2.05) is 37.4 Å². The fourth-order valence-electron chi connectivity index (χ4n) is 2.84. The molecule has 4 rings (SSSR count). The fourth-order valence-corrected chi connectivity index (χ4v) is 2.84. The lowest BCUT2D eigenvalue weighted by Gasteiger charge is -2.04. The molecule has 0 saturated heterocycles. The highest BCUT2D eigenvalue weighted by atomic mass is 15.1. The Morgan fingerprint density at radius 3 is 2.83 bits per heavy atom. The van der Waals surface area contributed by atoms with E-state index in [-0.39, 0.29) is 0 Å². The van der Waals surface area contributed by atoms with Crippen molar-refractivity contribution in [1.29, 1.82) is 5.26 Å². The van der Waals surface area contributed by atoms with Crippen LogP contribution in [0.5, 0.6) is 0 Å². The van der Waals surface area contributed by atoms with Gasteiger partial charge in [0.2, 0.25) is 0 Å². The summed E-state index contributed by atoms with van der Waals surface area (Å²) in [6, 6.07) is 13.6. The summed E-state index contributed by atoms with van der Waals surface area (Å²) in [6.45, 7) is 0. The van der Waals surface area contributed by atoms with Crippen LogP contribution >= 0.6 is 0 Å². The van der Waals surface area contributed by atoms with Crippen LogP contribution in [0.1, 0.15) is 17.1 Å². The highest BCUT2D eigenvalue weighted by molar-refractivity contribution is 6.02. The number of fused-ring (bicyclic) bond motifs is 3. The summed E-state index contributed by atoms with van der Waals surface area (Å²) in [6.07, 6.45) is 4.23. The summed E-state index contributed by atoms with van der Waals surface area (Å²) in [4.78, 5) is 13.5. The van der Waals surface area contributed by atoms with Crippen LogP contribution in [0.25, 0.3) is 21.9 Å². The summed E-state index contributed by atoms with van der Waals surface area (Å²) in [5.41, 5.74) is 4.29. The van der Waals surface area contributed by atoms with E-state index in [1.54, 1.807) is 18.5 Å². The predicted molar refractivity (Wildman–Crippen MR) is 87.8 cm³/mol. The van der Waals surface area contributed by atoms with Crippen molar-refractivity contribution in [3.63, 3.8) is 0 Å². The summed E-state index contributed by atoms with van der Waals surface area (Å²) in [5, 5.41) is 10.1. The molecule has 0 spiro atoms. The van der Waals surface area contributed by atoms with Crippen LogP contribution < -0.4 is 0 Å². The molecule has 0 fully saturated rings. The second kappa shape index (κ2) is 5.18. The number of aryl methyl sites for hydroxylation is 1. The van der Waals surface area contributed by atoms with Crippen LogP contribution in [-0.2, 0) is 13.5 Å². The Morgan fingerprint density at radius 1 is 1.13 bits per heavy atom. The zero-order chi connectivity index (χ0) is 15.8. The summed E-state index contributed by atoms with van der Waals surface area (Å²) < 4.78 is 2.06. The molecule has 4 aromatic rings. The molecule has 0 aliphatic carbocycles. The van der Waals surface area contributed by atoms with E-state index < -0.39 is 0 Å². The number of aromatic nitrogens is 4. The van der Waals surface area contributed by atoms with Gasteiger partial charge < -0.3 is 4.57 Å². The van der Waals surface area contributed by atoms with E-state index in [9.17, 15) is 0 Å². The van der Waals surface area contributed by atoms with Gasteiger partial charge in [-0.2, -0.15) is 5.26 Å². The zero-order valence-electron chi connectivity index (χ0n) is 12.6. The van der Waals surface area contributed by atoms with Gasteiger partial charge in [0.05, 0.1) is 28.9 Å². The number of nitrogens with zero attached hydrogens (tertiary/aromatic N) is 5. The van der Waals surface area contributed by atoms with Crippen molar-refractivity contribution < 1.29 is 0 Å². The molecule has 110 valence electrons. The first-order valence-electron chi connectivity index (χ1n) is 7.30. The van der Waals surface area contributed by atoms with Gasteiger partial charge >= 0.3 is 0 Å². The van der Waals surface area contributed by atoms with Gasteiger partial charge in [-0.25, -0.2) is 4.98 Å². The lowest BCUT2D eigenvalue weighted by atomic mass is 10.1. The fraction of sp³-hybridized carbons (Fsp3) is 0.111. The molecule has 1 aromatic carbocycles. The number of pyridine rings is 2. The van der Waals surface area contributed by atoms with Gasteiger partial charge in [0, 0.05) is 30.7 Å². The maximum Gasteiger partial charge on any atom is 0.115 e. The van der Waals surface area contributed by atoms with Crippen LogP contribution in [0.15, 0.2) is 48.8 Å². The Kier molecular flexibility index (Phi) is 3.02. The number of imidazole rings is 1. The first-order valence-corrected chi connectivity index (χ1v) is 7.30. The summed E-state index contributed by atoms with van der Waals surface area (Å²) in [5.74, 6) is 0.926. The smallest absolute Gasteiger partial charge is 0.115 e. The average Bonchev–Trinajstić information content (AvgIpc) is 2.91. The molecule has 0 radical (unpaired) electrons. The first-order chi connectivity index (χ1) is 11.3. The standard InChI is InChI=1S/C18H13N5/c1-23-17(9-13-4-2-3-7-20-13)22-16-11-21-15-6-5-12(10-19)8-14(15)18(16)23/h2-8,11H,9H2,1H3. The predicted octanol–water partition coefficient (Wildman–Crippen LogP) is 2.98. The molecule has 0 unspecified atom stereocenters. The molecule has 0 aliphatic rings. The molecule has 3 aromatic heterocycles. The van der Waals surface area contributed by atoms with Crippen LogP contribution in [0.4, 0.5) is 0 Å². The third-order valence-corrected chi connectivity index (χ3v) is 3.99. The van der Waals surface area contributed by atoms with Crippen molar-refractivity contribution >= 4 is 21.9 Å². The molecule has 5 heteroatoms. The van der Waals surface area contributed by atoms with E-state index in [2.05, 4.69) is 20.6 Å². The lowest BCUT2D eigenvalue weighted by Crippen LogP contribution is -2.00. The molecular formula is C18H13N5. The van der Waals surface area contributed by atoms with Crippen molar-refractivity contribution in [3.8, 4) is 6.07 Å². The molecular weight excluding hydrogens is 286 g/mol. The molecule has 23 heavy (non-hydrogen) atoms. The quantitative estimate of drug-likeness (QED) is 0.570. The Labute approximate surface area is 132 Å². The Balaban J connectivity index is 1.93. The van der Waals surface area contributed by atoms with Crippen molar-refractivity contribution in [2.45, 2.75) is 6.42 Å². The highest BCUT2D eigenvalue weighted by Crippen LogP contribution is 2.25. The maximum atomic E-state index is 9.14. The number of benzene rings is 1.